The summed E-state index contributed by atoms with van der Waals surface area (Å²) >= 11 is 2.88. The SMILES string of the molecule is C[C@@H](O)c1cc([N+](=O)[O-])c(N(C)Cc2cccs2)s1. The van der Waals surface area contributed by atoms with Crippen LogP contribution in [0, 0.1) is 10.1 Å². The lowest BCUT2D eigenvalue weighted by molar-refractivity contribution is -0.383. The van der Waals surface area contributed by atoms with Gasteiger partial charge in [0.05, 0.1) is 17.6 Å². The highest BCUT2D eigenvalue weighted by atomic mass is 32.1. The minimum absolute atomic E-state index is 0.0555. The Morgan fingerprint density at radius 2 is 2.32 bits per heavy atom. The molecule has 0 aromatic carbocycles. The van der Waals surface area contributed by atoms with E-state index in [1.807, 2.05) is 29.5 Å². The molecule has 19 heavy (non-hydrogen) atoms. The molecular formula is C12H14N2O3S2. The Balaban J connectivity index is 2.29. The second kappa shape index (κ2) is 5.68. The number of anilines is 1. The third-order valence-corrected chi connectivity index (χ3v) is 4.91. The molecule has 2 aromatic heterocycles. The number of hydrogen-bond donors (Lipinski definition) is 1. The molecule has 0 bridgehead atoms. The highest BCUT2D eigenvalue weighted by Crippen LogP contribution is 2.40. The van der Waals surface area contributed by atoms with Crippen LogP contribution >= 0.6 is 22.7 Å². The third-order valence-electron chi connectivity index (χ3n) is 2.64. The Kier molecular flexibility index (Phi) is 4.18. The summed E-state index contributed by atoms with van der Waals surface area (Å²) in [5.74, 6) is 0. The minimum atomic E-state index is -0.687. The van der Waals surface area contributed by atoms with Crippen LogP contribution in [0.3, 0.4) is 0 Å². The maximum atomic E-state index is 11.1. The van der Waals surface area contributed by atoms with Gasteiger partial charge in [-0.25, -0.2) is 0 Å². The van der Waals surface area contributed by atoms with E-state index < -0.39 is 11.0 Å². The van der Waals surface area contributed by atoms with Gasteiger partial charge in [0, 0.05) is 22.9 Å². The highest BCUT2D eigenvalue weighted by molar-refractivity contribution is 7.16. The Morgan fingerprint density at radius 1 is 1.58 bits per heavy atom. The van der Waals surface area contributed by atoms with E-state index in [2.05, 4.69) is 0 Å². The first-order valence-electron chi connectivity index (χ1n) is 5.68. The van der Waals surface area contributed by atoms with E-state index in [1.165, 1.54) is 17.4 Å². The Labute approximate surface area is 118 Å². The molecule has 2 heterocycles. The summed E-state index contributed by atoms with van der Waals surface area (Å²) in [6, 6.07) is 5.41. The Hall–Kier alpha value is -1.44. The van der Waals surface area contributed by atoms with Crippen molar-refractivity contribution in [3.05, 3.63) is 43.4 Å². The van der Waals surface area contributed by atoms with Gasteiger partial charge < -0.3 is 10.0 Å². The lowest BCUT2D eigenvalue weighted by atomic mass is 10.3. The number of rotatable bonds is 5. The summed E-state index contributed by atoms with van der Waals surface area (Å²) in [4.78, 5) is 14.3. The molecule has 1 atom stereocenters. The van der Waals surface area contributed by atoms with Crippen molar-refractivity contribution in [3.8, 4) is 0 Å². The van der Waals surface area contributed by atoms with E-state index in [1.54, 1.807) is 18.3 Å². The lowest BCUT2D eigenvalue weighted by Gasteiger charge is -2.15. The molecular weight excluding hydrogens is 284 g/mol. The van der Waals surface area contributed by atoms with Gasteiger partial charge in [-0.1, -0.05) is 6.07 Å². The van der Waals surface area contributed by atoms with Crippen molar-refractivity contribution in [2.45, 2.75) is 19.6 Å². The first-order valence-corrected chi connectivity index (χ1v) is 7.38. The molecule has 1 N–H and O–H groups in total. The molecule has 0 aliphatic rings. The van der Waals surface area contributed by atoms with Gasteiger partial charge in [0.1, 0.15) is 0 Å². The predicted molar refractivity (Wildman–Crippen MR) is 78.0 cm³/mol. The van der Waals surface area contributed by atoms with Gasteiger partial charge in [-0.2, -0.15) is 0 Å². The van der Waals surface area contributed by atoms with E-state index in [9.17, 15) is 15.2 Å². The maximum absolute atomic E-state index is 11.1. The molecule has 0 spiro atoms. The molecule has 0 unspecified atom stereocenters. The lowest BCUT2D eigenvalue weighted by Crippen LogP contribution is -2.15. The monoisotopic (exact) mass is 298 g/mol. The fourth-order valence-corrected chi connectivity index (χ4v) is 3.49. The van der Waals surface area contributed by atoms with Crippen molar-refractivity contribution >= 4 is 33.4 Å². The largest absolute Gasteiger partial charge is 0.388 e. The highest BCUT2D eigenvalue weighted by Gasteiger charge is 2.23. The molecule has 0 aliphatic carbocycles. The van der Waals surface area contributed by atoms with E-state index in [0.717, 1.165) is 4.88 Å². The summed E-state index contributed by atoms with van der Waals surface area (Å²) in [6.07, 6.45) is -0.687. The first kappa shape index (κ1) is 14.0. The summed E-state index contributed by atoms with van der Waals surface area (Å²) in [5.41, 5.74) is 0.0555. The fraction of sp³-hybridized carbons (Fsp3) is 0.333. The number of aliphatic hydroxyl groups excluding tert-OH is 1. The zero-order valence-electron chi connectivity index (χ0n) is 10.6. The molecule has 102 valence electrons. The van der Waals surface area contributed by atoms with Crippen LogP contribution in [0.2, 0.25) is 0 Å². The fourth-order valence-electron chi connectivity index (χ4n) is 1.71. The van der Waals surface area contributed by atoms with Crippen molar-refractivity contribution < 1.29 is 10.0 Å². The Bertz CT molecular complexity index is 564. The molecule has 2 rings (SSSR count). The summed E-state index contributed by atoms with van der Waals surface area (Å²) in [5, 5.41) is 23.2. The van der Waals surface area contributed by atoms with Crippen molar-refractivity contribution in [2.75, 3.05) is 11.9 Å². The van der Waals surface area contributed by atoms with Crippen LogP contribution in [0.5, 0.6) is 0 Å². The van der Waals surface area contributed by atoms with Gasteiger partial charge in [-0.05, 0) is 18.4 Å². The van der Waals surface area contributed by atoms with E-state index in [4.69, 9.17) is 0 Å². The number of hydrogen-bond acceptors (Lipinski definition) is 6. The Morgan fingerprint density at radius 3 is 2.84 bits per heavy atom. The normalized spacial score (nSPS) is 12.4. The van der Waals surface area contributed by atoms with Gasteiger partial charge in [0.25, 0.3) is 0 Å². The summed E-state index contributed by atoms with van der Waals surface area (Å²) in [6.45, 7) is 2.23. The van der Waals surface area contributed by atoms with Crippen LogP contribution in [0.15, 0.2) is 23.6 Å². The second-order valence-corrected chi connectivity index (χ2v) is 6.30. The van der Waals surface area contributed by atoms with Gasteiger partial charge in [0.15, 0.2) is 5.00 Å². The van der Waals surface area contributed by atoms with E-state index in [-0.39, 0.29) is 5.69 Å². The van der Waals surface area contributed by atoms with Gasteiger partial charge >= 0.3 is 5.69 Å². The topological polar surface area (TPSA) is 66.6 Å². The van der Waals surface area contributed by atoms with Crippen LogP contribution in [0.25, 0.3) is 0 Å². The van der Waals surface area contributed by atoms with Crippen LogP contribution in [-0.2, 0) is 6.54 Å². The van der Waals surface area contributed by atoms with Gasteiger partial charge in [-0.15, -0.1) is 22.7 Å². The average molecular weight is 298 g/mol. The second-order valence-electron chi connectivity index (χ2n) is 4.21. The van der Waals surface area contributed by atoms with Crippen LogP contribution < -0.4 is 4.90 Å². The average Bonchev–Trinajstić information content (AvgIpc) is 2.96. The maximum Gasteiger partial charge on any atom is 0.304 e. The predicted octanol–water partition coefficient (Wildman–Crippen LogP) is 3.41. The van der Waals surface area contributed by atoms with Crippen LogP contribution in [0.1, 0.15) is 22.8 Å². The van der Waals surface area contributed by atoms with Crippen molar-refractivity contribution in [1.82, 2.24) is 0 Å². The quantitative estimate of drug-likeness (QED) is 0.678. The van der Waals surface area contributed by atoms with Crippen molar-refractivity contribution in [3.63, 3.8) is 0 Å². The summed E-state index contributed by atoms with van der Waals surface area (Å²) in [7, 11) is 1.82. The number of nitrogens with zero attached hydrogens (tertiary/aromatic N) is 2. The number of aliphatic hydroxyl groups is 1. The van der Waals surface area contributed by atoms with E-state index >= 15 is 0 Å². The molecule has 0 fully saturated rings. The molecule has 0 amide bonds. The molecule has 0 saturated heterocycles. The molecule has 5 nitrogen and oxygen atoms in total. The standard InChI is InChI=1S/C12H14N2O3S2/c1-8(15)11-6-10(14(16)17)12(19-11)13(2)7-9-4-3-5-18-9/h3-6,8,15H,7H2,1-2H3/t8-/m1/s1. The van der Waals surface area contributed by atoms with Crippen molar-refractivity contribution in [2.24, 2.45) is 0 Å². The summed E-state index contributed by atoms with van der Waals surface area (Å²) < 4.78 is 0. The minimum Gasteiger partial charge on any atom is -0.388 e. The van der Waals surface area contributed by atoms with Crippen molar-refractivity contribution in [1.29, 1.82) is 0 Å². The third kappa shape index (κ3) is 3.12. The molecule has 0 saturated carbocycles. The molecule has 2 aromatic rings. The van der Waals surface area contributed by atoms with E-state index in [0.29, 0.717) is 16.4 Å². The first-order chi connectivity index (χ1) is 8.99. The zero-order chi connectivity index (χ0) is 14.0. The smallest absolute Gasteiger partial charge is 0.304 e. The van der Waals surface area contributed by atoms with Crippen LogP contribution in [0.4, 0.5) is 10.7 Å². The zero-order valence-corrected chi connectivity index (χ0v) is 12.2. The number of thiophene rings is 2. The number of nitro groups is 1. The molecule has 0 radical (unpaired) electrons. The van der Waals surface area contributed by atoms with Gasteiger partial charge in [0.2, 0.25) is 0 Å². The molecule has 7 heteroatoms. The molecule has 0 aliphatic heterocycles. The van der Waals surface area contributed by atoms with Crippen LogP contribution in [-0.4, -0.2) is 17.1 Å². The van der Waals surface area contributed by atoms with Gasteiger partial charge in [-0.3, -0.25) is 10.1 Å².